The van der Waals surface area contributed by atoms with E-state index in [1.54, 1.807) is 62.1 Å². The Morgan fingerprint density at radius 3 is 2.37 bits per heavy atom. The van der Waals surface area contributed by atoms with Gasteiger partial charge in [-0.05, 0) is 70.2 Å². The second kappa shape index (κ2) is 15.1. The number of aryl methyl sites for hydroxylation is 1. The van der Waals surface area contributed by atoms with Gasteiger partial charge in [-0.2, -0.15) is 0 Å². The fourth-order valence-electron chi connectivity index (χ4n) is 6.52. The summed E-state index contributed by atoms with van der Waals surface area (Å²) in [5.74, 6) is 0.256. The molecule has 6 rings (SSSR count). The van der Waals surface area contributed by atoms with Gasteiger partial charge in [0.1, 0.15) is 11.9 Å². The summed E-state index contributed by atoms with van der Waals surface area (Å²) in [6.07, 6.45) is 2.45. The minimum Gasteiger partial charge on any atom is -0.490 e. The maximum atomic E-state index is 14.9. The molecule has 2 bridgehead atoms. The molecule has 51 heavy (non-hydrogen) atoms. The van der Waals surface area contributed by atoms with Crippen LogP contribution in [0.3, 0.4) is 0 Å². The third-order valence-corrected chi connectivity index (χ3v) is 10.4. The van der Waals surface area contributed by atoms with Crippen LogP contribution in [-0.2, 0) is 22.5 Å². The summed E-state index contributed by atoms with van der Waals surface area (Å²) in [4.78, 5) is 50.2. The molecular formula is C36H38Cl4N4O7. The van der Waals surface area contributed by atoms with E-state index in [0.717, 1.165) is 12.8 Å². The zero-order valence-electron chi connectivity index (χ0n) is 28.3. The van der Waals surface area contributed by atoms with Gasteiger partial charge >= 0.3 is 12.2 Å². The van der Waals surface area contributed by atoms with Crippen molar-refractivity contribution < 1.29 is 33.4 Å². The zero-order valence-corrected chi connectivity index (χ0v) is 31.4. The Morgan fingerprint density at radius 1 is 1.02 bits per heavy atom. The first-order chi connectivity index (χ1) is 24.2. The SMILES string of the molecule is CC(C)(C)OC(=O)N1CC2CC(c3nc(CCCOc4c(Cl)cccc4Cl)co3)=C(C(=O)N(Cc3cccc(Cl)c3Cl)C3CC3)[C@@H](C1)N2C(=O)O. The Balaban J connectivity index is 1.33. The first kappa shape index (κ1) is 37.1. The molecule has 1 aromatic heterocycles. The van der Waals surface area contributed by atoms with Crippen molar-refractivity contribution in [2.45, 2.75) is 83.1 Å². The number of oxazole rings is 1. The summed E-state index contributed by atoms with van der Waals surface area (Å²) in [5, 5.41) is 12.0. The van der Waals surface area contributed by atoms with Crippen molar-refractivity contribution in [3.05, 3.63) is 85.5 Å². The minimum absolute atomic E-state index is 0.0721. The molecule has 1 saturated heterocycles. The smallest absolute Gasteiger partial charge is 0.410 e. The Morgan fingerprint density at radius 2 is 1.71 bits per heavy atom. The first-order valence-electron chi connectivity index (χ1n) is 16.7. The summed E-state index contributed by atoms with van der Waals surface area (Å²) in [6, 6.07) is 8.61. The van der Waals surface area contributed by atoms with E-state index >= 15 is 0 Å². The van der Waals surface area contributed by atoms with E-state index in [1.807, 2.05) is 0 Å². The second-order valence-electron chi connectivity index (χ2n) is 13.9. The number of amides is 3. The molecule has 3 heterocycles. The molecular weight excluding hydrogens is 742 g/mol. The van der Waals surface area contributed by atoms with Crippen LogP contribution < -0.4 is 4.74 Å². The summed E-state index contributed by atoms with van der Waals surface area (Å²) in [7, 11) is 0. The topological polar surface area (TPSA) is 126 Å². The molecule has 1 saturated carbocycles. The van der Waals surface area contributed by atoms with Crippen LogP contribution in [-0.4, -0.2) is 86.3 Å². The standard InChI is InChI=1S/C36H38Cl4N4O7/c1-36(2,3)51-35(48)42-17-23-15-24(32-41-21(19-50-32)8-6-14-49-31-26(38)10-5-11-27(31)39)29(28(18-42)44(23)34(46)47)33(45)43(22-12-13-22)16-20-7-4-9-25(37)30(20)40/h4-5,7,9-11,19,22-23,28H,6,8,12-18H2,1-3H3,(H,46,47)/t23?,28-/m1/s1. The molecule has 3 aromatic rings. The fourth-order valence-corrected chi connectivity index (χ4v) is 7.40. The van der Waals surface area contributed by atoms with E-state index in [-0.39, 0.29) is 49.5 Å². The summed E-state index contributed by atoms with van der Waals surface area (Å²) < 4.78 is 17.5. The van der Waals surface area contributed by atoms with E-state index in [0.29, 0.717) is 62.1 Å². The molecule has 2 fully saturated rings. The van der Waals surface area contributed by atoms with Crippen molar-refractivity contribution in [3.8, 4) is 5.75 Å². The highest BCUT2D eigenvalue weighted by Gasteiger charge is 2.50. The lowest BCUT2D eigenvalue weighted by Crippen LogP contribution is -2.65. The third kappa shape index (κ3) is 8.38. The Kier molecular flexibility index (Phi) is 11.0. The van der Waals surface area contributed by atoms with Gasteiger partial charge < -0.3 is 28.8 Å². The number of piperazine rings is 1. The van der Waals surface area contributed by atoms with Gasteiger partial charge in [-0.3, -0.25) is 9.69 Å². The number of fused-ring (bicyclic) bond motifs is 2. The fraction of sp³-hybridized carbons (Fsp3) is 0.444. The number of carbonyl (C=O) groups excluding carboxylic acids is 2. The van der Waals surface area contributed by atoms with Gasteiger partial charge in [-0.15, -0.1) is 0 Å². The molecule has 1 aliphatic carbocycles. The van der Waals surface area contributed by atoms with Crippen LogP contribution in [0.15, 0.2) is 52.7 Å². The van der Waals surface area contributed by atoms with Crippen molar-refractivity contribution in [2.24, 2.45) is 0 Å². The molecule has 15 heteroatoms. The molecule has 1 unspecified atom stereocenters. The normalized spacial score (nSPS) is 18.9. The van der Waals surface area contributed by atoms with Gasteiger partial charge in [0.25, 0.3) is 5.91 Å². The molecule has 272 valence electrons. The predicted molar refractivity (Wildman–Crippen MR) is 194 cm³/mol. The number of ether oxygens (including phenoxy) is 2. The Hall–Kier alpha value is -3.64. The van der Waals surface area contributed by atoms with Crippen LogP contribution in [0, 0.1) is 0 Å². The Labute approximate surface area is 316 Å². The molecule has 0 spiro atoms. The van der Waals surface area contributed by atoms with Gasteiger partial charge in [0.05, 0.1) is 50.0 Å². The van der Waals surface area contributed by atoms with Gasteiger partial charge in [-0.1, -0.05) is 64.6 Å². The minimum atomic E-state index is -1.19. The lowest BCUT2D eigenvalue weighted by molar-refractivity contribution is -0.129. The molecule has 1 N–H and O–H groups in total. The van der Waals surface area contributed by atoms with Gasteiger partial charge in [0, 0.05) is 37.7 Å². The van der Waals surface area contributed by atoms with Crippen molar-refractivity contribution >= 4 is 70.1 Å². The largest absolute Gasteiger partial charge is 0.490 e. The van der Waals surface area contributed by atoms with Gasteiger partial charge in [0.15, 0.2) is 5.75 Å². The molecule has 0 radical (unpaired) electrons. The highest BCUT2D eigenvalue weighted by Crippen LogP contribution is 2.42. The lowest BCUT2D eigenvalue weighted by Gasteiger charge is -2.49. The predicted octanol–water partition coefficient (Wildman–Crippen LogP) is 8.62. The lowest BCUT2D eigenvalue weighted by atomic mass is 9.84. The van der Waals surface area contributed by atoms with Gasteiger partial charge in [-0.25, -0.2) is 14.6 Å². The quantitative estimate of drug-likeness (QED) is 0.203. The van der Waals surface area contributed by atoms with Crippen molar-refractivity contribution in [2.75, 3.05) is 19.7 Å². The number of benzene rings is 2. The number of carbonyl (C=O) groups is 3. The number of halogens is 4. The van der Waals surface area contributed by atoms with Crippen LogP contribution in [0.2, 0.25) is 20.1 Å². The first-order valence-corrected chi connectivity index (χ1v) is 18.2. The summed E-state index contributed by atoms with van der Waals surface area (Å²) >= 11 is 25.3. The van der Waals surface area contributed by atoms with Crippen molar-refractivity contribution in [1.29, 1.82) is 0 Å². The maximum absolute atomic E-state index is 14.9. The van der Waals surface area contributed by atoms with Crippen molar-refractivity contribution in [3.63, 3.8) is 0 Å². The number of hydrogen-bond acceptors (Lipinski definition) is 7. The maximum Gasteiger partial charge on any atom is 0.410 e. The van der Waals surface area contributed by atoms with E-state index in [9.17, 15) is 19.5 Å². The number of hydrogen-bond donors (Lipinski definition) is 1. The summed E-state index contributed by atoms with van der Waals surface area (Å²) in [5.41, 5.74) is 1.23. The molecule has 2 aliphatic heterocycles. The number of rotatable bonds is 10. The molecule has 2 aromatic carbocycles. The number of aromatic nitrogens is 1. The van der Waals surface area contributed by atoms with Gasteiger partial charge in [0.2, 0.25) is 5.89 Å². The van der Waals surface area contributed by atoms with Crippen LogP contribution in [0.4, 0.5) is 9.59 Å². The van der Waals surface area contributed by atoms with E-state index in [2.05, 4.69) is 0 Å². The molecule has 3 amide bonds. The second-order valence-corrected chi connectivity index (χ2v) is 15.5. The highest BCUT2D eigenvalue weighted by molar-refractivity contribution is 6.42. The molecule has 11 nitrogen and oxygen atoms in total. The van der Waals surface area contributed by atoms with Crippen LogP contribution in [0.5, 0.6) is 5.75 Å². The van der Waals surface area contributed by atoms with Crippen LogP contribution >= 0.6 is 46.4 Å². The average Bonchev–Trinajstić information content (AvgIpc) is 3.79. The monoisotopic (exact) mass is 778 g/mol. The van der Waals surface area contributed by atoms with Crippen molar-refractivity contribution in [1.82, 2.24) is 19.7 Å². The number of para-hydroxylation sites is 1. The number of nitrogens with zero attached hydrogens (tertiary/aromatic N) is 4. The van der Waals surface area contributed by atoms with Crippen LogP contribution in [0.1, 0.15) is 63.6 Å². The number of carboxylic acid groups (broad SMARTS) is 1. The summed E-state index contributed by atoms with van der Waals surface area (Å²) in [6.45, 7) is 5.75. The zero-order chi connectivity index (χ0) is 36.6. The average molecular weight is 781 g/mol. The molecule has 3 aliphatic rings. The Bertz CT molecular complexity index is 1830. The van der Waals surface area contributed by atoms with E-state index in [4.69, 9.17) is 65.3 Å². The van der Waals surface area contributed by atoms with E-state index < -0.39 is 29.9 Å². The van der Waals surface area contributed by atoms with E-state index in [1.165, 1.54) is 16.1 Å². The molecule has 2 atom stereocenters. The van der Waals surface area contributed by atoms with Crippen LogP contribution in [0.25, 0.3) is 5.57 Å². The third-order valence-electron chi connectivity index (χ3n) is 8.93. The highest BCUT2D eigenvalue weighted by atomic mass is 35.5.